The lowest BCUT2D eigenvalue weighted by atomic mass is 10.0. The number of benzene rings is 3. The highest BCUT2D eigenvalue weighted by atomic mass is 16.5. The zero-order chi connectivity index (χ0) is 25.8. The van der Waals surface area contributed by atoms with Gasteiger partial charge in [-0.15, -0.1) is 6.58 Å². The van der Waals surface area contributed by atoms with Crippen LogP contribution in [0.5, 0.6) is 11.5 Å². The normalized spacial score (nSPS) is 11.4. The molecule has 0 aliphatic heterocycles. The van der Waals surface area contributed by atoms with Crippen LogP contribution in [0.3, 0.4) is 0 Å². The van der Waals surface area contributed by atoms with E-state index in [2.05, 4.69) is 20.4 Å². The largest absolute Gasteiger partial charge is 0.494 e. The molecule has 0 spiro atoms. The summed E-state index contributed by atoms with van der Waals surface area (Å²) < 4.78 is 16.6. The van der Waals surface area contributed by atoms with Gasteiger partial charge in [0.2, 0.25) is 0 Å². The predicted molar refractivity (Wildman–Crippen MR) is 143 cm³/mol. The first-order chi connectivity index (χ1) is 17.5. The fourth-order valence-electron chi connectivity index (χ4n) is 3.37. The molecule has 0 saturated carbocycles. The molecule has 188 valence electrons. The van der Waals surface area contributed by atoms with Gasteiger partial charge in [0.05, 0.1) is 24.3 Å². The molecule has 0 aromatic heterocycles. The molecule has 0 aliphatic carbocycles. The maximum atomic E-state index is 12.5. The Balaban J connectivity index is 1.52. The van der Waals surface area contributed by atoms with Gasteiger partial charge in [-0.2, -0.15) is 0 Å². The van der Waals surface area contributed by atoms with Crippen LogP contribution in [-0.2, 0) is 4.74 Å². The van der Waals surface area contributed by atoms with E-state index in [0.29, 0.717) is 36.0 Å². The van der Waals surface area contributed by atoms with Gasteiger partial charge >= 0.3 is 11.9 Å². The fourth-order valence-corrected chi connectivity index (χ4v) is 3.37. The second kappa shape index (κ2) is 13.9. The van der Waals surface area contributed by atoms with E-state index in [4.69, 9.17) is 14.2 Å². The molecule has 3 aromatic rings. The van der Waals surface area contributed by atoms with E-state index in [9.17, 15) is 9.59 Å². The molecule has 5 nitrogen and oxygen atoms in total. The minimum atomic E-state index is -0.430. The SMILES string of the molecule is C=CCCCCOc1ccc(C(=O)Oc2ccc(-c3ccc(C(=O)OC[C@@H](C)CC)cc3)cc2)cc1. The van der Waals surface area contributed by atoms with E-state index >= 15 is 0 Å². The molecule has 0 unspecified atom stereocenters. The van der Waals surface area contributed by atoms with Gasteiger partial charge in [-0.3, -0.25) is 0 Å². The Morgan fingerprint density at radius 2 is 1.36 bits per heavy atom. The highest BCUT2D eigenvalue weighted by molar-refractivity contribution is 5.91. The van der Waals surface area contributed by atoms with Gasteiger partial charge < -0.3 is 14.2 Å². The highest BCUT2D eigenvalue weighted by Crippen LogP contribution is 2.24. The van der Waals surface area contributed by atoms with Crippen LogP contribution in [0.25, 0.3) is 11.1 Å². The Bertz CT molecular complexity index is 1120. The quantitative estimate of drug-likeness (QED) is 0.108. The number of allylic oxidation sites excluding steroid dienone is 1. The summed E-state index contributed by atoms with van der Waals surface area (Å²) in [5, 5.41) is 0. The molecule has 0 aliphatic rings. The number of ether oxygens (including phenoxy) is 3. The molecule has 0 radical (unpaired) electrons. The van der Waals surface area contributed by atoms with Crippen molar-refractivity contribution in [1.82, 2.24) is 0 Å². The Labute approximate surface area is 213 Å². The number of carbonyl (C=O) groups excluding carboxylic acids is 2. The average Bonchev–Trinajstić information content (AvgIpc) is 2.92. The van der Waals surface area contributed by atoms with Gasteiger partial charge in [0.15, 0.2) is 0 Å². The van der Waals surface area contributed by atoms with E-state index in [1.807, 2.05) is 30.3 Å². The van der Waals surface area contributed by atoms with Crippen LogP contribution in [0.15, 0.2) is 85.5 Å². The van der Waals surface area contributed by atoms with Crippen LogP contribution in [0.1, 0.15) is 60.2 Å². The number of rotatable bonds is 13. The number of unbranched alkanes of at least 4 members (excludes halogenated alkanes) is 2. The summed E-state index contributed by atoms with van der Waals surface area (Å²) in [5.41, 5.74) is 2.88. The summed E-state index contributed by atoms with van der Waals surface area (Å²) in [6.45, 7) is 8.89. The Morgan fingerprint density at radius 3 is 1.97 bits per heavy atom. The molecule has 0 bridgehead atoms. The number of hydrogen-bond donors (Lipinski definition) is 0. The Hall–Kier alpha value is -3.86. The van der Waals surface area contributed by atoms with E-state index < -0.39 is 5.97 Å². The lowest BCUT2D eigenvalue weighted by Gasteiger charge is -2.10. The van der Waals surface area contributed by atoms with Crippen LogP contribution in [-0.4, -0.2) is 25.2 Å². The van der Waals surface area contributed by atoms with E-state index in [1.165, 1.54) is 0 Å². The van der Waals surface area contributed by atoms with E-state index in [0.717, 1.165) is 42.6 Å². The van der Waals surface area contributed by atoms with Crippen LogP contribution in [0.4, 0.5) is 0 Å². The van der Waals surface area contributed by atoms with Crippen molar-refractivity contribution >= 4 is 11.9 Å². The second-order valence-electron chi connectivity index (χ2n) is 8.76. The fraction of sp³-hybridized carbons (Fsp3) is 0.290. The maximum absolute atomic E-state index is 12.5. The van der Waals surface area contributed by atoms with Crippen LogP contribution < -0.4 is 9.47 Å². The molecule has 0 amide bonds. The van der Waals surface area contributed by atoms with Crippen molar-refractivity contribution < 1.29 is 23.8 Å². The zero-order valence-electron chi connectivity index (χ0n) is 21.1. The minimum absolute atomic E-state index is 0.313. The maximum Gasteiger partial charge on any atom is 0.343 e. The molecular formula is C31H34O5. The second-order valence-corrected chi connectivity index (χ2v) is 8.76. The average molecular weight is 487 g/mol. The third kappa shape index (κ3) is 8.12. The van der Waals surface area contributed by atoms with Gasteiger partial charge in [0, 0.05) is 0 Å². The van der Waals surface area contributed by atoms with Crippen molar-refractivity contribution in [2.45, 2.75) is 39.5 Å². The summed E-state index contributed by atoms with van der Waals surface area (Å²) in [7, 11) is 0. The first kappa shape index (κ1) is 26.7. The molecule has 0 N–H and O–H groups in total. The lowest BCUT2D eigenvalue weighted by Crippen LogP contribution is -2.11. The number of carbonyl (C=O) groups is 2. The van der Waals surface area contributed by atoms with Gasteiger partial charge in [-0.05, 0) is 84.8 Å². The van der Waals surface area contributed by atoms with Gasteiger partial charge in [0.1, 0.15) is 11.5 Å². The summed E-state index contributed by atoms with van der Waals surface area (Å²) >= 11 is 0. The Morgan fingerprint density at radius 1 is 0.806 bits per heavy atom. The predicted octanol–water partition coefficient (Wildman–Crippen LogP) is 7.51. The Kier molecular flexibility index (Phi) is 10.3. The molecule has 0 fully saturated rings. The molecule has 3 aromatic carbocycles. The van der Waals surface area contributed by atoms with Crippen molar-refractivity contribution in [2.24, 2.45) is 5.92 Å². The molecule has 3 rings (SSSR count). The topological polar surface area (TPSA) is 61.8 Å². The smallest absolute Gasteiger partial charge is 0.343 e. The monoisotopic (exact) mass is 486 g/mol. The summed E-state index contributed by atoms with van der Waals surface area (Å²) in [4.78, 5) is 24.7. The van der Waals surface area contributed by atoms with E-state index in [1.54, 1.807) is 48.5 Å². The summed E-state index contributed by atoms with van der Waals surface area (Å²) in [5.74, 6) is 0.783. The van der Waals surface area contributed by atoms with Crippen molar-refractivity contribution in [3.05, 3.63) is 96.6 Å². The lowest BCUT2D eigenvalue weighted by molar-refractivity contribution is 0.0447. The van der Waals surface area contributed by atoms with Gasteiger partial charge in [-0.25, -0.2) is 9.59 Å². The molecule has 0 saturated heterocycles. The van der Waals surface area contributed by atoms with Crippen molar-refractivity contribution in [3.63, 3.8) is 0 Å². The van der Waals surface area contributed by atoms with Crippen molar-refractivity contribution in [1.29, 1.82) is 0 Å². The highest BCUT2D eigenvalue weighted by Gasteiger charge is 2.11. The molecule has 0 heterocycles. The van der Waals surface area contributed by atoms with Crippen LogP contribution >= 0.6 is 0 Å². The number of esters is 2. The molecule has 1 atom stereocenters. The van der Waals surface area contributed by atoms with Crippen LogP contribution in [0.2, 0.25) is 0 Å². The van der Waals surface area contributed by atoms with Gasteiger partial charge in [-0.1, -0.05) is 50.6 Å². The molecule has 5 heteroatoms. The van der Waals surface area contributed by atoms with Gasteiger partial charge in [0.25, 0.3) is 0 Å². The molecular weight excluding hydrogens is 452 g/mol. The van der Waals surface area contributed by atoms with Crippen molar-refractivity contribution in [3.8, 4) is 22.6 Å². The first-order valence-corrected chi connectivity index (χ1v) is 12.4. The zero-order valence-corrected chi connectivity index (χ0v) is 21.1. The molecule has 36 heavy (non-hydrogen) atoms. The summed E-state index contributed by atoms with van der Waals surface area (Å²) in [6.07, 6.45) is 5.86. The standard InChI is InChI=1S/C31H34O5/c1-4-6-7-8-21-34-28-17-15-27(16-18-28)31(33)36-29-19-13-25(14-20-29)24-9-11-26(12-10-24)30(32)35-22-23(3)5-2/h4,9-20,23H,1,5-8,21-22H2,2-3H3/t23-/m0/s1. The number of hydrogen-bond acceptors (Lipinski definition) is 5. The third-order valence-electron chi connectivity index (χ3n) is 5.88. The van der Waals surface area contributed by atoms with Crippen molar-refractivity contribution in [2.75, 3.05) is 13.2 Å². The third-order valence-corrected chi connectivity index (χ3v) is 5.88. The minimum Gasteiger partial charge on any atom is -0.494 e. The first-order valence-electron chi connectivity index (χ1n) is 12.4. The van der Waals surface area contributed by atoms with Crippen LogP contribution in [0, 0.1) is 5.92 Å². The van der Waals surface area contributed by atoms with E-state index in [-0.39, 0.29) is 5.97 Å². The summed E-state index contributed by atoms with van der Waals surface area (Å²) in [6, 6.07) is 21.5.